The minimum Gasteiger partial charge on any atom is -0.323 e. The zero-order valence-electron chi connectivity index (χ0n) is 13.9. The molecular formula is C18H30F3OP. The molecule has 0 atom stereocenters. The van der Waals surface area contributed by atoms with Crippen LogP contribution >= 0.6 is 7.14 Å². The Bertz CT molecular complexity index is 358. The molecule has 3 saturated carbocycles. The maximum atomic E-state index is 14.2. The lowest BCUT2D eigenvalue weighted by Crippen LogP contribution is -2.35. The molecule has 0 spiro atoms. The standard InChI is InChI=1S/C18H30F3OP/c19-13-1-7-16(8-2-13)23(22,17-9-3-14(20)4-10-17)18-11-5-15(21)6-12-18/h13-18H,1-12H2. The topological polar surface area (TPSA) is 17.1 Å². The van der Waals surface area contributed by atoms with E-state index in [1.807, 2.05) is 0 Å². The third-order valence-electron chi connectivity index (χ3n) is 6.59. The highest BCUT2D eigenvalue weighted by atomic mass is 31.2. The minimum atomic E-state index is -2.53. The van der Waals surface area contributed by atoms with Crippen molar-refractivity contribution in [2.45, 2.75) is 113 Å². The first-order chi connectivity index (χ1) is 11.0. The van der Waals surface area contributed by atoms with Crippen LogP contribution in [-0.2, 0) is 4.57 Å². The smallest absolute Gasteiger partial charge is 0.100 e. The maximum Gasteiger partial charge on any atom is 0.100 e. The molecule has 3 aliphatic rings. The van der Waals surface area contributed by atoms with Crippen LogP contribution in [0.25, 0.3) is 0 Å². The molecule has 3 fully saturated rings. The molecule has 0 amide bonds. The van der Waals surface area contributed by atoms with E-state index in [4.69, 9.17) is 0 Å². The highest BCUT2D eigenvalue weighted by Crippen LogP contribution is 2.68. The van der Waals surface area contributed by atoms with Gasteiger partial charge in [-0.3, -0.25) is 0 Å². The molecule has 0 heterocycles. The van der Waals surface area contributed by atoms with Gasteiger partial charge in [-0.15, -0.1) is 0 Å². The summed E-state index contributed by atoms with van der Waals surface area (Å²) in [5.41, 5.74) is 0.325. The van der Waals surface area contributed by atoms with E-state index in [9.17, 15) is 17.7 Å². The molecule has 0 aromatic rings. The van der Waals surface area contributed by atoms with E-state index in [1.54, 1.807) is 0 Å². The highest BCUT2D eigenvalue weighted by Gasteiger charge is 2.48. The van der Waals surface area contributed by atoms with Gasteiger partial charge in [-0.1, -0.05) is 0 Å². The first-order valence-electron chi connectivity index (χ1n) is 9.51. The van der Waals surface area contributed by atoms with Gasteiger partial charge in [0.25, 0.3) is 0 Å². The van der Waals surface area contributed by atoms with Crippen molar-refractivity contribution in [2.24, 2.45) is 0 Å². The first-order valence-corrected chi connectivity index (χ1v) is 11.4. The second kappa shape index (κ2) is 7.50. The van der Waals surface area contributed by atoms with Crippen LogP contribution in [0.5, 0.6) is 0 Å². The average molecular weight is 350 g/mol. The lowest BCUT2D eigenvalue weighted by molar-refractivity contribution is 0.233. The van der Waals surface area contributed by atoms with Crippen LogP contribution < -0.4 is 0 Å². The quantitative estimate of drug-likeness (QED) is 0.555. The Kier molecular flexibility index (Phi) is 5.81. The zero-order valence-corrected chi connectivity index (χ0v) is 14.8. The number of hydrogen-bond acceptors (Lipinski definition) is 1. The Balaban J connectivity index is 1.78. The molecular weight excluding hydrogens is 320 g/mol. The van der Waals surface area contributed by atoms with E-state index >= 15 is 0 Å². The molecule has 3 rings (SSSR count). The van der Waals surface area contributed by atoms with Gasteiger partial charge < -0.3 is 4.57 Å². The average Bonchev–Trinajstić information content (AvgIpc) is 2.56. The van der Waals surface area contributed by atoms with Crippen molar-refractivity contribution >= 4 is 7.14 Å². The molecule has 0 unspecified atom stereocenters. The van der Waals surface area contributed by atoms with Crippen LogP contribution in [0.4, 0.5) is 13.2 Å². The van der Waals surface area contributed by atoms with Crippen LogP contribution in [0.3, 0.4) is 0 Å². The summed E-state index contributed by atoms with van der Waals surface area (Å²) in [6.45, 7) is 0. The van der Waals surface area contributed by atoms with Crippen LogP contribution in [0.1, 0.15) is 77.0 Å². The van der Waals surface area contributed by atoms with E-state index in [0.29, 0.717) is 77.0 Å². The van der Waals surface area contributed by atoms with Gasteiger partial charge in [-0.05, 0) is 77.0 Å². The van der Waals surface area contributed by atoms with Gasteiger partial charge >= 0.3 is 0 Å². The zero-order chi connectivity index (χ0) is 16.4. The summed E-state index contributed by atoms with van der Waals surface area (Å²) in [5, 5.41) is 0. The highest BCUT2D eigenvalue weighted by molar-refractivity contribution is 7.66. The summed E-state index contributed by atoms with van der Waals surface area (Å²) in [7, 11) is -2.53. The Morgan fingerprint density at radius 2 is 0.696 bits per heavy atom. The van der Waals surface area contributed by atoms with Crippen LogP contribution in [-0.4, -0.2) is 35.5 Å². The predicted octanol–water partition coefficient (Wildman–Crippen LogP) is 6.19. The van der Waals surface area contributed by atoms with Crippen LogP contribution in [0, 0.1) is 0 Å². The molecule has 0 radical (unpaired) electrons. The summed E-state index contributed by atoms with van der Waals surface area (Å²) in [6.07, 6.45) is 5.15. The molecule has 0 aromatic heterocycles. The van der Waals surface area contributed by atoms with Crippen molar-refractivity contribution in [3.63, 3.8) is 0 Å². The molecule has 0 saturated heterocycles. The SMILES string of the molecule is O=P(C1CCC(F)CC1)(C1CCC(F)CC1)C1CCC(F)CC1. The normalized spacial score (nSPS) is 45.3. The molecule has 23 heavy (non-hydrogen) atoms. The Morgan fingerprint density at radius 3 is 0.913 bits per heavy atom. The minimum absolute atomic E-state index is 0.108. The third kappa shape index (κ3) is 3.83. The summed E-state index contributed by atoms with van der Waals surface area (Å²) >= 11 is 0. The van der Waals surface area contributed by atoms with E-state index in [-0.39, 0.29) is 17.0 Å². The van der Waals surface area contributed by atoms with Gasteiger partial charge in [0.1, 0.15) is 18.5 Å². The fourth-order valence-corrected chi connectivity index (χ4v) is 10.3. The lowest BCUT2D eigenvalue weighted by atomic mass is 9.97. The number of rotatable bonds is 3. The lowest BCUT2D eigenvalue weighted by Gasteiger charge is -2.44. The fourth-order valence-electron chi connectivity index (χ4n) is 5.21. The first kappa shape index (κ1) is 17.8. The molecule has 134 valence electrons. The van der Waals surface area contributed by atoms with Gasteiger partial charge in [0, 0.05) is 17.0 Å². The number of hydrogen-bond donors (Lipinski definition) is 0. The predicted molar refractivity (Wildman–Crippen MR) is 89.1 cm³/mol. The van der Waals surface area contributed by atoms with Crippen LogP contribution in [0.15, 0.2) is 0 Å². The molecule has 1 nitrogen and oxygen atoms in total. The maximum absolute atomic E-state index is 14.2. The van der Waals surface area contributed by atoms with Crippen molar-refractivity contribution in [3.8, 4) is 0 Å². The molecule has 0 aromatic carbocycles. The molecule has 3 aliphatic carbocycles. The van der Waals surface area contributed by atoms with Crippen molar-refractivity contribution in [3.05, 3.63) is 0 Å². The van der Waals surface area contributed by atoms with Crippen molar-refractivity contribution in [1.82, 2.24) is 0 Å². The van der Waals surface area contributed by atoms with Crippen LogP contribution in [0.2, 0.25) is 0 Å². The summed E-state index contributed by atoms with van der Waals surface area (Å²) in [5.74, 6) is 0. The van der Waals surface area contributed by atoms with E-state index in [2.05, 4.69) is 0 Å². The van der Waals surface area contributed by atoms with Crippen molar-refractivity contribution < 1.29 is 17.7 Å². The number of alkyl halides is 3. The summed E-state index contributed by atoms with van der Waals surface area (Å²) < 4.78 is 54.9. The molecule has 5 heteroatoms. The second-order valence-electron chi connectivity index (χ2n) is 7.98. The monoisotopic (exact) mass is 350 g/mol. The van der Waals surface area contributed by atoms with Gasteiger partial charge in [0.2, 0.25) is 0 Å². The van der Waals surface area contributed by atoms with Crippen molar-refractivity contribution in [1.29, 1.82) is 0 Å². The largest absolute Gasteiger partial charge is 0.323 e. The van der Waals surface area contributed by atoms with Gasteiger partial charge in [-0.25, -0.2) is 13.2 Å². The van der Waals surface area contributed by atoms with Gasteiger partial charge in [0.15, 0.2) is 0 Å². The van der Waals surface area contributed by atoms with E-state index in [1.165, 1.54) is 0 Å². The molecule has 0 N–H and O–H groups in total. The Morgan fingerprint density at radius 1 is 0.478 bits per heavy atom. The molecule has 0 bridgehead atoms. The summed E-state index contributed by atoms with van der Waals surface area (Å²) in [4.78, 5) is 0. The number of halogens is 3. The van der Waals surface area contributed by atoms with Crippen molar-refractivity contribution in [2.75, 3.05) is 0 Å². The van der Waals surface area contributed by atoms with E-state index in [0.717, 1.165) is 0 Å². The van der Waals surface area contributed by atoms with Gasteiger partial charge in [-0.2, -0.15) is 0 Å². The van der Waals surface area contributed by atoms with Gasteiger partial charge in [0.05, 0.1) is 7.14 Å². The fraction of sp³-hybridized carbons (Fsp3) is 1.00. The third-order valence-corrected chi connectivity index (χ3v) is 11.6. The Labute approximate surface area is 138 Å². The summed E-state index contributed by atoms with van der Waals surface area (Å²) in [6, 6.07) is 0. The molecule has 0 aliphatic heterocycles. The Hall–Kier alpha value is 0.0200. The van der Waals surface area contributed by atoms with E-state index < -0.39 is 25.7 Å². The second-order valence-corrected chi connectivity index (χ2v) is 11.7.